The second-order valence-corrected chi connectivity index (χ2v) is 4.93. The molecule has 0 spiro atoms. The largest absolute Gasteiger partial charge is 0.481 e. The summed E-state index contributed by atoms with van der Waals surface area (Å²) in [5.74, 6) is -1.00. The van der Waals surface area contributed by atoms with Crippen molar-refractivity contribution >= 4 is 11.9 Å². The fraction of sp³-hybridized carbons (Fsp3) is 0.833. The number of carbonyl (C=O) groups is 2. The lowest BCUT2D eigenvalue weighted by Crippen LogP contribution is -2.50. The Morgan fingerprint density at radius 2 is 1.94 bits per heavy atom. The molecule has 1 N–H and O–H groups in total. The van der Waals surface area contributed by atoms with Gasteiger partial charge in [-0.05, 0) is 19.9 Å². The van der Waals surface area contributed by atoms with Crippen molar-refractivity contribution in [1.82, 2.24) is 9.80 Å². The predicted octanol–water partition coefficient (Wildman–Crippen LogP) is -0.360. The maximum Gasteiger partial charge on any atom is 0.307 e. The van der Waals surface area contributed by atoms with Crippen molar-refractivity contribution in [2.24, 2.45) is 5.92 Å². The van der Waals surface area contributed by atoms with Crippen molar-refractivity contribution < 1.29 is 19.4 Å². The molecule has 0 radical (unpaired) electrons. The molecule has 2 heterocycles. The Morgan fingerprint density at radius 1 is 1.28 bits per heavy atom. The number of carboxylic acids is 1. The van der Waals surface area contributed by atoms with Crippen LogP contribution >= 0.6 is 0 Å². The number of morpholine rings is 1. The first-order valence-corrected chi connectivity index (χ1v) is 6.43. The van der Waals surface area contributed by atoms with Crippen LogP contribution in [-0.4, -0.2) is 72.2 Å². The highest BCUT2D eigenvalue weighted by Crippen LogP contribution is 2.19. The molecule has 2 aliphatic heterocycles. The SMILES string of the molecule is CC(C(=O)N1CCOCC1)N1CCC(C(=O)O)C1. The summed E-state index contributed by atoms with van der Waals surface area (Å²) in [5, 5.41) is 8.96. The van der Waals surface area contributed by atoms with Gasteiger partial charge in [0.15, 0.2) is 0 Å². The van der Waals surface area contributed by atoms with E-state index in [9.17, 15) is 9.59 Å². The number of likely N-dealkylation sites (tertiary alicyclic amines) is 1. The van der Waals surface area contributed by atoms with E-state index >= 15 is 0 Å². The third-order valence-corrected chi connectivity index (χ3v) is 3.80. The van der Waals surface area contributed by atoms with Gasteiger partial charge >= 0.3 is 5.97 Å². The minimum Gasteiger partial charge on any atom is -0.481 e. The van der Waals surface area contributed by atoms with Gasteiger partial charge in [-0.2, -0.15) is 0 Å². The van der Waals surface area contributed by atoms with E-state index in [4.69, 9.17) is 9.84 Å². The zero-order chi connectivity index (χ0) is 13.1. The molecule has 0 aromatic rings. The molecule has 2 saturated heterocycles. The number of hydrogen-bond acceptors (Lipinski definition) is 4. The molecule has 2 atom stereocenters. The van der Waals surface area contributed by atoms with E-state index < -0.39 is 5.97 Å². The van der Waals surface area contributed by atoms with Gasteiger partial charge in [0.05, 0.1) is 25.2 Å². The van der Waals surface area contributed by atoms with Gasteiger partial charge in [-0.15, -0.1) is 0 Å². The number of rotatable bonds is 3. The molecular weight excluding hydrogens is 236 g/mol. The molecule has 18 heavy (non-hydrogen) atoms. The zero-order valence-corrected chi connectivity index (χ0v) is 10.7. The van der Waals surface area contributed by atoms with E-state index in [1.54, 1.807) is 0 Å². The standard InChI is InChI=1S/C12H20N2O4/c1-9(11(15)13-4-6-18-7-5-13)14-3-2-10(8-14)12(16)17/h9-10H,2-8H2,1H3,(H,16,17). The van der Waals surface area contributed by atoms with Crippen LogP contribution in [0.4, 0.5) is 0 Å². The summed E-state index contributed by atoms with van der Waals surface area (Å²) in [4.78, 5) is 26.9. The third-order valence-electron chi connectivity index (χ3n) is 3.80. The Hall–Kier alpha value is -1.14. The van der Waals surface area contributed by atoms with Crippen molar-refractivity contribution in [2.45, 2.75) is 19.4 Å². The van der Waals surface area contributed by atoms with Gasteiger partial charge in [0, 0.05) is 19.6 Å². The first-order chi connectivity index (χ1) is 8.59. The summed E-state index contributed by atoms with van der Waals surface area (Å²) in [7, 11) is 0. The van der Waals surface area contributed by atoms with Crippen LogP contribution in [0.15, 0.2) is 0 Å². The third kappa shape index (κ3) is 2.81. The summed E-state index contributed by atoms with van der Waals surface area (Å²) in [6, 6.07) is -0.229. The smallest absolute Gasteiger partial charge is 0.307 e. The number of nitrogens with zero attached hydrogens (tertiary/aromatic N) is 2. The molecule has 0 bridgehead atoms. The van der Waals surface area contributed by atoms with E-state index in [0.717, 1.165) is 0 Å². The monoisotopic (exact) mass is 256 g/mol. The predicted molar refractivity (Wildman–Crippen MR) is 64.2 cm³/mol. The van der Waals surface area contributed by atoms with Crippen LogP contribution in [-0.2, 0) is 14.3 Å². The van der Waals surface area contributed by atoms with Crippen molar-refractivity contribution in [3.63, 3.8) is 0 Å². The number of amides is 1. The number of hydrogen-bond donors (Lipinski definition) is 1. The van der Waals surface area contributed by atoms with Crippen LogP contribution in [0.1, 0.15) is 13.3 Å². The highest BCUT2D eigenvalue weighted by molar-refractivity contribution is 5.81. The Morgan fingerprint density at radius 3 is 2.50 bits per heavy atom. The van der Waals surface area contributed by atoms with Gasteiger partial charge in [0.2, 0.25) is 5.91 Å². The fourth-order valence-corrected chi connectivity index (χ4v) is 2.54. The topological polar surface area (TPSA) is 70.1 Å². The highest BCUT2D eigenvalue weighted by Gasteiger charge is 2.34. The summed E-state index contributed by atoms with van der Waals surface area (Å²) in [5.41, 5.74) is 0. The van der Waals surface area contributed by atoms with Crippen molar-refractivity contribution in [3.8, 4) is 0 Å². The average Bonchev–Trinajstić information content (AvgIpc) is 2.88. The molecule has 2 fully saturated rings. The molecule has 6 nitrogen and oxygen atoms in total. The van der Waals surface area contributed by atoms with Crippen LogP contribution < -0.4 is 0 Å². The van der Waals surface area contributed by atoms with Crippen LogP contribution in [0.25, 0.3) is 0 Å². The molecule has 6 heteroatoms. The second-order valence-electron chi connectivity index (χ2n) is 4.93. The van der Waals surface area contributed by atoms with Crippen LogP contribution in [0, 0.1) is 5.92 Å². The lowest BCUT2D eigenvalue weighted by atomic mass is 10.1. The Labute approximate surface area is 106 Å². The van der Waals surface area contributed by atoms with Gasteiger partial charge in [0.1, 0.15) is 0 Å². The van der Waals surface area contributed by atoms with Crippen LogP contribution in [0.2, 0.25) is 0 Å². The van der Waals surface area contributed by atoms with Crippen LogP contribution in [0.5, 0.6) is 0 Å². The zero-order valence-electron chi connectivity index (χ0n) is 10.7. The summed E-state index contributed by atoms with van der Waals surface area (Å²) >= 11 is 0. The van der Waals surface area contributed by atoms with Crippen molar-refractivity contribution in [3.05, 3.63) is 0 Å². The molecule has 102 valence electrons. The Kier molecular flexibility index (Phi) is 4.19. The first-order valence-electron chi connectivity index (χ1n) is 6.43. The van der Waals surface area contributed by atoms with E-state index in [1.165, 1.54) is 0 Å². The van der Waals surface area contributed by atoms with E-state index in [1.807, 2.05) is 16.7 Å². The van der Waals surface area contributed by atoms with E-state index in [2.05, 4.69) is 0 Å². The van der Waals surface area contributed by atoms with Crippen molar-refractivity contribution in [2.75, 3.05) is 39.4 Å². The van der Waals surface area contributed by atoms with E-state index in [-0.39, 0.29) is 17.9 Å². The summed E-state index contributed by atoms with van der Waals surface area (Å²) < 4.78 is 5.22. The molecule has 2 rings (SSSR count). The molecule has 0 aromatic carbocycles. The average molecular weight is 256 g/mol. The van der Waals surface area contributed by atoms with Gasteiger partial charge < -0.3 is 14.7 Å². The minimum atomic E-state index is -0.761. The minimum absolute atomic E-state index is 0.0874. The Bertz CT molecular complexity index is 328. The van der Waals surface area contributed by atoms with Gasteiger partial charge in [0.25, 0.3) is 0 Å². The molecular formula is C12H20N2O4. The van der Waals surface area contributed by atoms with Gasteiger partial charge in [-0.1, -0.05) is 0 Å². The van der Waals surface area contributed by atoms with Gasteiger partial charge in [-0.3, -0.25) is 14.5 Å². The maximum atomic E-state index is 12.2. The van der Waals surface area contributed by atoms with Crippen LogP contribution in [0.3, 0.4) is 0 Å². The van der Waals surface area contributed by atoms with E-state index in [0.29, 0.717) is 45.8 Å². The first kappa shape index (κ1) is 13.3. The van der Waals surface area contributed by atoms with Crippen molar-refractivity contribution in [1.29, 1.82) is 0 Å². The Balaban J connectivity index is 1.89. The fourth-order valence-electron chi connectivity index (χ4n) is 2.54. The maximum absolute atomic E-state index is 12.2. The highest BCUT2D eigenvalue weighted by atomic mass is 16.5. The summed E-state index contributed by atoms with van der Waals surface area (Å²) in [6.45, 7) is 5.49. The molecule has 0 aromatic heterocycles. The quantitative estimate of drug-likeness (QED) is 0.747. The number of carboxylic acid groups (broad SMARTS) is 1. The number of ether oxygens (including phenoxy) is 1. The number of carbonyl (C=O) groups excluding carboxylic acids is 1. The lowest BCUT2D eigenvalue weighted by Gasteiger charge is -2.32. The molecule has 0 saturated carbocycles. The normalized spacial score (nSPS) is 27.2. The molecule has 0 aliphatic carbocycles. The lowest BCUT2D eigenvalue weighted by molar-refractivity contribution is -0.143. The molecule has 2 unspecified atom stereocenters. The summed E-state index contributed by atoms with van der Waals surface area (Å²) in [6.07, 6.45) is 0.635. The molecule has 1 amide bonds. The molecule has 2 aliphatic rings. The second kappa shape index (κ2) is 5.67. The van der Waals surface area contributed by atoms with Gasteiger partial charge in [-0.25, -0.2) is 0 Å². The number of aliphatic carboxylic acids is 1.